The van der Waals surface area contributed by atoms with Crippen molar-refractivity contribution in [3.63, 3.8) is 0 Å². The van der Waals surface area contributed by atoms with E-state index in [-0.39, 0.29) is 12.8 Å². The van der Waals surface area contributed by atoms with Gasteiger partial charge in [-0.1, -0.05) is 40.9 Å². The molecule has 0 saturated carbocycles. The number of carboxylic acids is 1. The molecule has 2 rings (SSSR count). The second kappa shape index (κ2) is 6.69. The first-order chi connectivity index (χ1) is 9.88. The van der Waals surface area contributed by atoms with E-state index < -0.39 is 23.7 Å². The van der Waals surface area contributed by atoms with Crippen molar-refractivity contribution in [2.24, 2.45) is 11.8 Å². The molecule has 0 unspecified atom stereocenters. The van der Waals surface area contributed by atoms with Gasteiger partial charge in [0.25, 0.3) is 0 Å². The molecule has 0 heterocycles. The smallest absolute Gasteiger partial charge is 0.307 e. The van der Waals surface area contributed by atoms with Crippen molar-refractivity contribution >= 4 is 52.4 Å². The molecule has 2 atom stereocenters. The SMILES string of the molecule is O=C(O)[C@@H]1CC=C(Cl)C[C@H]1C(=O)Nc1ccc(Cl)c(Cl)c1. The van der Waals surface area contributed by atoms with Crippen molar-refractivity contribution in [1.29, 1.82) is 0 Å². The average molecular weight is 349 g/mol. The van der Waals surface area contributed by atoms with Crippen LogP contribution in [0.15, 0.2) is 29.3 Å². The van der Waals surface area contributed by atoms with Gasteiger partial charge in [-0.05, 0) is 31.0 Å². The van der Waals surface area contributed by atoms with Crippen LogP contribution in [0, 0.1) is 11.8 Å². The lowest BCUT2D eigenvalue weighted by Crippen LogP contribution is -2.35. The van der Waals surface area contributed by atoms with E-state index in [0.29, 0.717) is 20.8 Å². The number of nitrogens with one attached hydrogen (secondary N) is 1. The van der Waals surface area contributed by atoms with E-state index in [9.17, 15) is 14.7 Å². The molecular weight excluding hydrogens is 337 g/mol. The van der Waals surface area contributed by atoms with Gasteiger partial charge in [0.2, 0.25) is 5.91 Å². The maximum atomic E-state index is 12.3. The molecule has 0 spiro atoms. The van der Waals surface area contributed by atoms with Crippen molar-refractivity contribution in [2.45, 2.75) is 12.8 Å². The zero-order chi connectivity index (χ0) is 15.6. The largest absolute Gasteiger partial charge is 0.481 e. The second-order valence-electron chi connectivity index (χ2n) is 4.76. The Bertz CT molecular complexity index is 615. The van der Waals surface area contributed by atoms with Gasteiger partial charge >= 0.3 is 5.97 Å². The van der Waals surface area contributed by atoms with E-state index >= 15 is 0 Å². The molecule has 1 amide bonds. The van der Waals surface area contributed by atoms with Crippen molar-refractivity contribution < 1.29 is 14.7 Å². The molecule has 1 aliphatic rings. The fraction of sp³-hybridized carbons (Fsp3) is 0.286. The van der Waals surface area contributed by atoms with E-state index in [0.717, 1.165) is 0 Å². The monoisotopic (exact) mass is 347 g/mol. The number of hydrogen-bond acceptors (Lipinski definition) is 2. The summed E-state index contributed by atoms with van der Waals surface area (Å²) in [6.45, 7) is 0. The van der Waals surface area contributed by atoms with E-state index in [1.54, 1.807) is 18.2 Å². The van der Waals surface area contributed by atoms with Crippen LogP contribution in [-0.4, -0.2) is 17.0 Å². The van der Waals surface area contributed by atoms with Gasteiger partial charge in [-0.2, -0.15) is 0 Å². The Kier molecular flexibility index (Phi) is 5.14. The Morgan fingerprint density at radius 1 is 1.14 bits per heavy atom. The van der Waals surface area contributed by atoms with Crippen LogP contribution in [0.2, 0.25) is 10.0 Å². The Labute approximate surface area is 136 Å². The highest BCUT2D eigenvalue weighted by Gasteiger charge is 2.36. The number of amides is 1. The van der Waals surface area contributed by atoms with Crippen LogP contribution in [0.3, 0.4) is 0 Å². The van der Waals surface area contributed by atoms with Gasteiger partial charge < -0.3 is 10.4 Å². The number of carboxylic acid groups (broad SMARTS) is 1. The summed E-state index contributed by atoms with van der Waals surface area (Å²) in [5.74, 6) is -2.90. The Hall–Kier alpha value is -1.23. The van der Waals surface area contributed by atoms with E-state index in [1.165, 1.54) is 6.07 Å². The summed E-state index contributed by atoms with van der Waals surface area (Å²) < 4.78 is 0. The van der Waals surface area contributed by atoms with Gasteiger partial charge in [-0.15, -0.1) is 0 Å². The minimum Gasteiger partial charge on any atom is -0.481 e. The maximum Gasteiger partial charge on any atom is 0.307 e. The third-order valence-electron chi connectivity index (χ3n) is 3.33. The summed E-state index contributed by atoms with van der Waals surface area (Å²) in [6.07, 6.45) is 2.10. The lowest BCUT2D eigenvalue weighted by atomic mass is 9.82. The molecule has 0 aromatic heterocycles. The molecule has 0 fully saturated rings. The third kappa shape index (κ3) is 3.90. The van der Waals surface area contributed by atoms with E-state index in [1.807, 2.05) is 0 Å². The highest BCUT2D eigenvalue weighted by Crippen LogP contribution is 2.33. The van der Waals surface area contributed by atoms with Gasteiger partial charge in [0.15, 0.2) is 0 Å². The lowest BCUT2D eigenvalue weighted by Gasteiger charge is -2.25. The lowest BCUT2D eigenvalue weighted by molar-refractivity contribution is -0.146. The number of hydrogen-bond donors (Lipinski definition) is 2. The number of aliphatic carboxylic acids is 1. The third-order valence-corrected chi connectivity index (χ3v) is 4.38. The quantitative estimate of drug-likeness (QED) is 0.861. The van der Waals surface area contributed by atoms with Crippen LogP contribution in [0.5, 0.6) is 0 Å². The fourth-order valence-corrected chi connectivity index (χ4v) is 2.77. The molecule has 21 heavy (non-hydrogen) atoms. The fourth-order valence-electron chi connectivity index (χ4n) is 2.21. The molecule has 1 aromatic rings. The highest BCUT2D eigenvalue weighted by molar-refractivity contribution is 6.42. The first kappa shape index (κ1) is 16.1. The number of rotatable bonds is 3. The first-order valence-electron chi connectivity index (χ1n) is 6.21. The summed E-state index contributed by atoms with van der Waals surface area (Å²) >= 11 is 17.6. The number of allylic oxidation sites excluding steroid dienone is 2. The van der Waals surface area contributed by atoms with Crippen LogP contribution in [-0.2, 0) is 9.59 Å². The highest BCUT2D eigenvalue weighted by atomic mass is 35.5. The van der Waals surface area contributed by atoms with Crippen LogP contribution < -0.4 is 5.32 Å². The molecule has 1 aliphatic carbocycles. The van der Waals surface area contributed by atoms with E-state index in [4.69, 9.17) is 34.8 Å². The zero-order valence-corrected chi connectivity index (χ0v) is 13.0. The van der Waals surface area contributed by atoms with Crippen molar-refractivity contribution in [2.75, 3.05) is 5.32 Å². The summed E-state index contributed by atoms with van der Waals surface area (Å²) in [6, 6.07) is 4.67. The molecule has 112 valence electrons. The predicted octanol–water partition coefficient (Wildman–Crippen LogP) is 4.17. The number of carbonyl (C=O) groups excluding carboxylic acids is 1. The summed E-state index contributed by atoms with van der Waals surface area (Å²) in [4.78, 5) is 23.5. The van der Waals surface area contributed by atoms with Gasteiger partial charge in [0, 0.05) is 10.7 Å². The molecule has 2 N–H and O–H groups in total. The molecule has 0 bridgehead atoms. The first-order valence-corrected chi connectivity index (χ1v) is 7.35. The number of benzene rings is 1. The topological polar surface area (TPSA) is 66.4 Å². The average Bonchev–Trinajstić information content (AvgIpc) is 2.42. The summed E-state index contributed by atoms with van der Waals surface area (Å²) in [5.41, 5.74) is 0.462. The molecule has 1 aromatic carbocycles. The van der Waals surface area contributed by atoms with Crippen LogP contribution in [0.25, 0.3) is 0 Å². The van der Waals surface area contributed by atoms with E-state index in [2.05, 4.69) is 5.32 Å². The van der Waals surface area contributed by atoms with Crippen LogP contribution in [0.1, 0.15) is 12.8 Å². The number of carbonyl (C=O) groups is 2. The molecule has 0 radical (unpaired) electrons. The number of halogens is 3. The standard InChI is InChI=1S/C14H12Cl3NO3/c15-7-1-3-9(14(20)21)10(5-7)13(19)18-8-2-4-11(16)12(17)6-8/h1-2,4,6,9-10H,3,5H2,(H,18,19)(H,20,21)/t9-,10-/m1/s1. The van der Waals surface area contributed by atoms with Gasteiger partial charge in [-0.3, -0.25) is 9.59 Å². The Morgan fingerprint density at radius 2 is 1.86 bits per heavy atom. The van der Waals surface area contributed by atoms with Gasteiger partial charge in [-0.25, -0.2) is 0 Å². The van der Waals surface area contributed by atoms with Crippen LogP contribution in [0.4, 0.5) is 5.69 Å². The molecule has 4 nitrogen and oxygen atoms in total. The molecular formula is C14H12Cl3NO3. The van der Waals surface area contributed by atoms with Crippen molar-refractivity contribution in [3.05, 3.63) is 39.4 Å². The predicted molar refractivity (Wildman–Crippen MR) is 82.9 cm³/mol. The van der Waals surface area contributed by atoms with Gasteiger partial charge in [0.1, 0.15) is 0 Å². The molecule has 0 saturated heterocycles. The summed E-state index contributed by atoms with van der Waals surface area (Å²) in [5, 5.41) is 13.0. The van der Waals surface area contributed by atoms with Crippen LogP contribution >= 0.6 is 34.8 Å². The Balaban J connectivity index is 2.16. The normalized spacial score (nSPS) is 21.6. The molecule has 0 aliphatic heterocycles. The van der Waals surface area contributed by atoms with Crippen molar-refractivity contribution in [3.8, 4) is 0 Å². The molecule has 7 heteroatoms. The zero-order valence-electron chi connectivity index (χ0n) is 10.8. The van der Waals surface area contributed by atoms with Crippen molar-refractivity contribution in [1.82, 2.24) is 0 Å². The second-order valence-corrected chi connectivity index (χ2v) is 6.06. The minimum absolute atomic E-state index is 0.214. The Morgan fingerprint density at radius 3 is 2.48 bits per heavy atom. The number of anilines is 1. The minimum atomic E-state index is -1.01. The maximum absolute atomic E-state index is 12.3. The summed E-state index contributed by atoms with van der Waals surface area (Å²) in [7, 11) is 0. The van der Waals surface area contributed by atoms with Gasteiger partial charge in [0.05, 0.1) is 21.9 Å².